The maximum absolute atomic E-state index is 12.4. The van der Waals surface area contributed by atoms with E-state index in [-0.39, 0.29) is 11.9 Å². The zero-order valence-corrected chi connectivity index (χ0v) is 18.2. The molecule has 0 aliphatic carbocycles. The molecule has 1 aromatic heterocycles. The number of methoxy groups -OCH3 is 1. The molecule has 0 radical (unpaired) electrons. The standard InChI is InChI=1S/C25H28N2O2S/c1-29-23-9-7-19(8-10-23)17-25(28)26-22-11-13-27(14-12-22)18-20-4-2-5-21(16-20)24-6-3-15-30-24/h2-10,15-16,22H,11-14,17-18H2,1H3,(H,26,28). The number of carbonyl (C=O) groups is 1. The minimum atomic E-state index is 0.0993. The smallest absolute Gasteiger partial charge is 0.224 e. The normalized spacial score (nSPS) is 15.1. The second kappa shape index (κ2) is 9.92. The van der Waals surface area contributed by atoms with Gasteiger partial charge in [0.25, 0.3) is 0 Å². The molecule has 0 bridgehead atoms. The number of amides is 1. The van der Waals surface area contributed by atoms with Gasteiger partial charge in [-0.25, -0.2) is 0 Å². The van der Waals surface area contributed by atoms with Gasteiger partial charge in [-0.05, 0) is 59.2 Å². The summed E-state index contributed by atoms with van der Waals surface area (Å²) < 4.78 is 5.17. The summed E-state index contributed by atoms with van der Waals surface area (Å²) in [5, 5.41) is 5.33. The molecule has 4 rings (SSSR count). The topological polar surface area (TPSA) is 41.6 Å². The zero-order chi connectivity index (χ0) is 20.8. The third-order valence-electron chi connectivity index (χ3n) is 5.62. The number of thiophene rings is 1. The second-order valence-corrected chi connectivity index (χ2v) is 8.77. The highest BCUT2D eigenvalue weighted by Gasteiger charge is 2.21. The minimum Gasteiger partial charge on any atom is -0.497 e. The Bertz CT molecular complexity index is 946. The van der Waals surface area contributed by atoms with Crippen LogP contribution in [0.1, 0.15) is 24.0 Å². The molecule has 1 aliphatic heterocycles. The number of piperidine rings is 1. The van der Waals surface area contributed by atoms with Gasteiger partial charge in [0.1, 0.15) is 5.75 Å². The Hall–Kier alpha value is -2.63. The van der Waals surface area contributed by atoms with Crippen molar-refractivity contribution in [3.63, 3.8) is 0 Å². The van der Waals surface area contributed by atoms with Crippen LogP contribution in [0, 0.1) is 0 Å². The monoisotopic (exact) mass is 420 g/mol. The predicted octanol–water partition coefficient (Wildman–Crippen LogP) is 4.75. The molecule has 0 spiro atoms. The lowest BCUT2D eigenvalue weighted by Gasteiger charge is -2.32. The van der Waals surface area contributed by atoms with Gasteiger partial charge >= 0.3 is 0 Å². The van der Waals surface area contributed by atoms with Crippen LogP contribution in [0.5, 0.6) is 5.75 Å². The molecule has 0 atom stereocenters. The summed E-state index contributed by atoms with van der Waals surface area (Å²) >= 11 is 1.78. The molecular formula is C25H28N2O2S. The highest BCUT2D eigenvalue weighted by atomic mass is 32.1. The van der Waals surface area contributed by atoms with Crippen molar-refractivity contribution in [3.05, 3.63) is 77.2 Å². The number of nitrogens with one attached hydrogen (secondary N) is 1. The molecule has 156 valence electrons. The maximum atomic E-state index is 12.4. The zero-order valence-electron chi connectivity index (χ0n) is 17.3. The Morgan fingerprint density at radius 2 is 1.87 bits per heavy atom. The first-order valence-corrected chi connectivity index (χ1v) is 11.3. The van der Waals surface area contributed by atoms with E-state index < -0.39 is 0 Å². The van der Waals surface area contributed by atoms with Crippen LogP contribution in [0.2, 0.25) is 0 Å². The summed E-state index contributed by atoms with van der Waals surface area (Å²) in [5.41, 5.74) is 3.66. The van der Waals surface area contributed by atoms with Crippen molar-refractivity contribution in [2.45, 2.75) is 31.8 Å². The second-order valence-electron chi connectivity index (χ2n) is 7.82. The van der Waals surface area contributed by atoms with Crippen LogP contribution in [0.4, 0.5) is 0 Å². The fourth-order valence-electron chi connectivity index (χ4n) is 3.97. The van der Waals surface area contributed by atoms with Crippen LogP contribution < -0.4 is 10.1 Å². The van der Waals surface area contributed by atoms with Crippen molar-refractivity contribution in [2.75, 3.05) is 20.2 Å². The first-order chi connectivity index (χ1) is 14.7. The summed E-state index contributed by atoms with van der Waals surface area (Å²) in [7, 11) is 1.65. The Kier molecular flexibility index (Phi) is 6.82. The number of rotatable bonds is 7. The average Bonchev–Trinajstić information content (AvgIpc) is 3.31. The van der Waals surface area contributed by atoms with Gasteiger partial charge in [0, 0.05) is 30.6 Å². The van der Waals surface area contributed by atoms with Gasteiger partial charge in [-0.1, -0.05) is 36.4 Å². The molecule has 4 nitrogen and oxygen atoms in total. The van der Waals surface area contributed by atoms with Gasteiger partial charge in [-0.15, -0.1) is 11.3 Å². The molecule has 3 aromatic rings. The predicted molar refractivity (Wildman–Crippen MR) is 123 cm³/mol. The Morgan fingerprint density at radius 3 is 2.57 bits per heavy atom. The van der Waals surface area contributed by atoms with E-state index in [1.165, 1.54) is 16.0 Å². The van der Waals surface area contributed by atoms with E-state index in [1.807, 2.05) is 24.3 Å². The first-order valence-electron chi connectivity index (χ1n) is 10.5. The molecule has 0 saturated carbocycles. The molecule has 2 heterocycles. The van der Waals surface area contributed by atoms with Crippen LogP contribution in [0.25, 0.3) is 10.4 Å². The lowest BCUT2D eigenvalue weighted by molar-refractivity contribution is -0.121. The van der Waals surface area contributed by atoms with E-state index >= 15 is 0 Å². The molecule has 1 aliphatic rings. The summed E-state index contributed by atoms with van der Waals surface area (Å²) in [5.74, 6) is 0.912. The number of hydrogen-bond acceptors (Lipinski definition) is 4. The molecule has 1 saturated heterocycles. The number of benzene rings is 2. The molecule has 2 aromatic carbocycles. The maximum Gasteiger partial charge on any atom is 0.224 e. The number of nitrogens with zero attached hydrogens (tertiary/aromatic N) is 1. The Morgan fingerprint density at radius 1 is 1.07 bits per heavy atom. The van der Waals surface area contributed by atoms with Gasteiger partial charge in [-0.2, -0.15) is 0 Å². The summed E-state index contributed by atoms with van der Waals surface area (Å²) in [6, 6.07) is 21.1. The van der Waals surface area contributed by atoms with Crippen LogP contribution >= 0.6 is 11.3 Å². The molecule has 1 fully saturated rings. The number of carbonyl (C=O) groups excluding carboxylic acids is 1. The summed E-state index contributed by atoms with van der Waals surface area (Å²) in [4.78, 5) is 16.2. The fourth-order valence-corrected chi connectivity index (χ4v) is 4.69. The molecule has 30 heavy (non-hydrogen) atoms. The SMILES string of the molecule is COc1ccc(CC(=O)NC2CCN(Cc3cccc(-c4cccs4)c3)CC2)cc1. The van der Waals surface area contributed by atoms with E-state index in [2.05, 4.69) is 52.0 Å². The molecule has 0 unspecified atom stereocenters. The lowest BCUT2D eigenvalue weighted by Crippen LogP contribution is -2.44. The largest absolute Gasteiger partial charge is 0.497 e. The van der Waals surface area contributed by atoms with Gasteiger partial charge in [0.05, 0.1) is 13.5 Å². The Balaban J connectivity index is 1.24. The first kappa shape index (κ1) is 20.6. The number of ether oxygens (including phenoxy) is 1. The van der Waals surface area contributed by atoms with E-state index in [0.717, 1.165) is 43.8 Å². The van der Waals surface area contributed by atoms with Crippen molar-refractivity contribution >= 4 is 17.2 Å². The average molecular weight is 421 g/mol. The van der Waals surface area contributed by atoms with Gasteiger partial charge in [0.2, 0.25) is 5.91 Å². The number of hydrogen-bond donors (Lipinski definition) is 1. The van der Waals surface area contributed by atoms with Crippen LogP contribution in [-0.2, 0) is 17.8 Å². The molecule has 5 heteroatoms. The Labute approximate surface area is 182 Å². The van der Waals surface area contributed by atoms with Crippen LogP contribution in [0.15, 0.2) is 66.0 Å². The van der Waals surface area contributed by atoms with Crippen molar-refractivity contribution in [1.82, 2.24) is 10.2 Å². The van der Waals surface area contributed by atoms with Crippen molar-refractivity contribution in [3.8, 4) is 16.2 Å². The highest BCUT2D eigenvalue weighted by molar-refractivity contribution is 7.13. The molecule has 1 amide bonds. The van der Waals surface area contributed by atoms with Crippen LogP contribution in [0.3, 0.4) is 0 Å². The van der Waals surface area contributed by atoms with Crippen molar-refractivity contribution in [1.29, 1.82) is 0 Å². The highest BCUT2D eigenvalue weighted by Crippen LogP contribution is 2.26. The quantitative estimate of drug-likeness (QED) is 0.600. The molecule has 1 N–H and O–H groups in total. The van der Waals surface area contributed by atoms with Gasteiger partial charge in [-0.3, -0.25) is 9.69 Å². The fraction of sp³-hybridized carbons (Fsp3) is 0.320. The van der Waals surface area contributed by atoms with E-state index in [4.69, 9.17) is 4.74 Å². The third-order valence-corrected chi connectivity index (χ3v) is 6.53. The summed E-state index contributed by atoms with van der Waals surface area (Å²) in [6.45, 7) is 2.99. The third kappa shape index (κ3) is 5.49. The summed E-state index contributed by atoms with van der Waals surface area (Å²) in [6.07, 6.45) is 2.41. The van der Waals surface area contributed by atoms with Crippen LogP contribution in [-0.4, -0.2) is 37.0 Å². The van der Waals surface area contributed by atoms with Gasteiger partial charge < -0.3 is 10.1 Å². The van der Waals surface area contributed by atoms with Crippen molar-refractivity contribution < 1.29 is 9.53 Å². The van der Waals surface area contributed by atoms with E-state index in [1.54, 1.807) is 18.4 Å². The van der Waals surface area contributed by atoms with Gasteiger partial charge in [0.15, 0.2) is 0 Å². The minimum absolute atomic E-state index is 0.0993. The van der Waals surface area contributed by atoms with E-state index in [9.17, 15) is 4.79 Å². The molecular weight excluding hydrogens is 392 g/mol. The van der Waals surface area contributed by atoms with E-state index in [0.29, 0.717) is 6.42 Å². The number of likely N-dealkylation sites (tertiary alicyclic amines) is 1. The van der Waals surface area contributed by atoms with Crippen molar-refractivity contribution in [2.24, 2.45) is 0 Å². The lowest BCUT2D eigenvalue weighted by atomic mass is 10.0.